The van der Waals surface area contributed by atoms with Crippen molar-refractivity contribution in [1.29, 1.82) is 0 Å². The Hall–Kier alpha value is -5.41. The average Bonchev–Trinajstić information content (AvgIpc) is 3.61. The predicted molar refractivity (Wildman–Crippen MR) is 165 cm³/mol. The van der Waals surface area contributed by atoms with Crippen LogP contribution in [0.1, 0.15) is 0 Å². The number of aromatic nitrogens is 2. The zero-order chi connectivity index (χ0) is 26.5. The predicted octanol–water partition coefficient (Wildman–Crippen LogP) is 9.93. The zero-order valence-electron chi connectivity index (χ0n) is 21.7. The van der Waals surface area contributed by atoms with E-state index >= 15 is 0 Å². The molecular formula is C37H24N2O. The summed E-state index contributed by atoms with van der Waals surface area (Å²) in [6.45, 7) is 0. The number of para-hydroxylation sites is 4. The fourth-order valence-corrected chi connectivity index (χ4v) is 5.74. The summed E-state index contributed by atoms with van der Waals surface area (Å²) < 4.78 is 8.37. The number of hydrogen-bond acceptors (Lipinski definition) is 2. The molecule has 0 radical (unpaired) electrons. The SMILES string of the molecule is c1ccc(-c2ccccc2-n2c3ccccc3c3cc(-c4ccc(-c5nc6ccccc6o5)cc4)ccc32)cc1. The van der Waals surface area contributed by atoms with Crippen molar-refractivity contribution < 1.29 is 4.42 Å². The molecule has 40 heavy (non-hydrogen) atoms. The van der Waals surface area contributed by atoms with Crippen LogP contribution < -0.4 is 0 Å². The van der Waals surface area contributed by atoms with E-state index in [-0.39, 0.29) is 0 Å². The Balaban J connectivity index is 1.26. The van der Waals surface area contributed by atoms with E-state index in [1.54, 1.807) is 0 Å². The molecule has 0 fully saturated rings. The van der Waals surface area contributed by atoms with Crippen LogP contribution >= 0.6 is 0 Å². The summed E-state index contributed by atoms with van der Waals surface area (Å²) in [7, 11) is 0. The average molecular weight is 513 g/mol. The van der Waals surface area contributed by atoms with Crippen LogP contribution in [0.5, 0.6) is 0 Å². The van der Waals surface area contributed by atoms with Gasteiger partial charge in [-0.2, -0.15) is 0 Å². The van der Waals surface area contributed by atoms with Crippen LogP contribution in [0.3, 0.4) is 0 Å². The first-order valence-corrected chi connectivity index (χ1v) is 13.5. The number of hydrogen-bond donors (Lipinski definition) is 0. The van der Waals surface area contributed by atoms with Gasteiger partial charge in [-0.15, -0.1) is 0 Å². The van der Waals surface area contributed by atoms with Gasteiger partial charge in [0.25, 0.3) is 0 Å². The summed E-state index contributed by atoms with van der Waals surface area (Å²) in [4.78, 5) is 4.65. The van der Waals surface area contributed by atoms with Crippen molar-refractivity contribution in [2.24, 2.45) is 0 Å². The van der Waals surface area contributed by atoms with Crippen molar-refractivity contribution in [2.45, 2.75) is 0 Å². The molecule has 8 aromatic rings. The normalized spacial score (nSPS) is 11.5. The summed E-state index contributed by atoms with van der Waals surface area (Å²) in [6, 6.07) is 51.1. The van der Waals surface area contributed by atoms with Gasteiger partial charge in [-0.25, -0.2) is 4.98 Å². The van der Waals surface area contributed by atoms with E-state index in [0.29, 0.717) is 5.89 Å². The quantitative estimate of drug-likeness (QED) is 0.235. The van der Waals surface area contributed by atoms with Gasteiger partial charge in [-0.3, -0.25) is 0 Å². The monoisotopic (exact) mass is 512 g/mol. The standard InChI is InChI=1S/C37H24N2O/c1-2-10-26(11-3-1)29-12-4-7-15-33(29)39-34-16-8-5-13-30(34)31-24-28(22-23-35(31)39)25-18-20-27(21-19-25)37-38-32-14-6-9-17-36(32)40-37/h1-24H. The topological polar surface area (TPSA) is 31.0 Å². The van der Waals surface area contributed by atoms with Gasteiger partial charge in [0.05, 0.1) is 16.7 Å². The van der Waals surface area contributed by atoms with Crippen LogP contribution in [-0.4, -0.2) is 9.55 Å². The summed E-state index contributed by atoms with van der Waals surface area (Å²) >= 11 is 0. The Morgan fingerprint density at radius 2 is 1.15 bits per heavy atom. The van der Waals surface area contributed by atoms with Gasteiger partial charge in [-0.1, -0.05) is 97.1 Å². The molecule has 0 unspecified atom stereocenters. The Kier molecular flexibility index (Phi) is 5.14. The molecule has 0 spiro atoms. The molecule has 3 heteroatoms. The Labute approximate surface area is 231 Å². The fourth-order valence-electron chi connectivity index (χ4n) is 5.74. The zero-order valence-corrected chi connectivity index (χ0v) is 21.7. The van der Waals surface area contributed by atoms with Gasteiger partial charge in [-0.05, 0) is 65.2 Å². The smallest absolute Gasteiger partial charge is 0.227 e. The van der Waals surface area contributed by atoms with Gasteiger partial charge in [0.2, 0.25) is 5.89 Å². The van der Waals surface area contributed by atoms with Crippen LogP contribution in [0.2, 0.25) is 0 Å². The minimum absolute atomic E-state index is 0.642. The number of nitrogens with zero attached hydrogens (tertiary/aromatic N) is 2. The minimum Gasteiger partial charge on any atom is -0.436 e. The molecule has 8 rings (SSSR count). The maximum atomic E-state index is 5.98. The third-order valence-electron chi connectivity index (χ3n) is 7.66. The first-order chi connectivity index (χ1) is 19.8. The highest BCUT2D eigenvalue weighted by Crippen LogP contribution is 2.38. The maximum absolute atomic E-state index is 5.98. The van der Waals surface area contributed by atoms with E-state index in [4.69, 9.17) is 4.42 Å². The van der Waals surface area contributed by atoms with E-state index in [1.165, 1.54) is 44.2 Å². The minimum atomic E-state index is 0.642. The molecule has 3 nitrogen and oxygen atoms in total. The largest absolute Gasteiger partial charge is 0.436 e. The van der Waals surface area contributed by atoms with Crippen molar-refractivity contribution in [3.63, 3.8) is 0 Å². The first kappa shape index (κ1) is 22.6. The lowest BCUT2D eigenvalue weighted by Crippen LogP contribution is -1.96. The van der Waals surface area contributed by atoms with Crippen molar-refractivity contribution >= 4 is 32.9 Å². The van der Waals surface area contributed by atoms with E-state index in [2.05, 4.69) is 131 Å². The summed E-state index contributed by atoms with van der Waals surface area (Å²) in [5.41, 5.74) is 11.0. The second kappa shape index (κ2) is 9.11. The van der Waals surface area contributed by atoms with Crippen molar-refractivity contribution in [2.75, 3.05) is 0 Å². The highest BCUT2D eigenvalue weighted by molar-refractivity contribution is 6.11. The molecule has 2 aromatic heterocycles. The molecule has 0 N–H and O–H groups in total. The molecule has 6 aromatic carbocycles. The Bertz CT molecular complexity index is 2120. The molecule has 0 aliphatic carbocycles. The van der Waals surface area contributed by atoms with Crippen LogP contribution in [-0.2, 0) is 0 Å². The van der Waals surface area contributed by atoms with E-state index < -0.39 is 0 Å². The van der Waals surface area contributed by atoms with Gasteiger partial charge in [0.1, 0.15) is 5.52 Å². The van der Waals surface area contributed by atoms with Gasteiger partial charge in [0.15, 0.2) is 5.58 Å². The summed E-state index contributed by atoms with van der Waals surface area (Å²) in [5.74, 6) is 0.642. The van der Waals surface area contributed by atoms with Crippen LogP contribution in [0.25, 0.3) is 72.3 Å². The first-order valence-electron chi connectivity index (χ1n) is 13.5. The molecule has 0 saturated heterocycles. The lowest BCUT2D eigenvalue weighted by atomic mass is 10.0. The van der Waals surface area contributed by atoms with Crippen molar-refractivity contribution in [3.05, 3.63) is 146 Å². The van der Waals surface area contributed by atoms with E-state index in [0.717, 1.165) is 22.2 Å². The molecule has 0 amide bonds. The van der Waals surface area contributed by atoms with Gasteiger partial charge >= 0.3 is 0 Å². The third-order valence-corrected chi connectivity index (χ3v) is 7.66. The maximum Gasteiger partial charge on any atom is 0.227 e. The Morgan fingerprint density at radius 1 is 0.475 bits per heavy atom. The molecule has 0 bridgehead atoms. The number of benzene rings is 6. The second-order valence-corrected chi connectivity index (χ2v) is 10.0. The van der Waals surface area contributed by atoms with Crippen molar-refractivity contribution in [3.8, 4) is 39.4 Å². The molecule has 188 valence electrons. The van der Waals surface area contributed by atoms with Crippen LogP contribution in [0.15, 0.2) is 150 Å². The molecule has 0 aliphatic rings. The van der Waals surface area contributed by atoms with Crippen LogP contribution in [0.4, 0.5) is 0 Å². The van der Waals surface area contributed by atoms with E-state index in [1.807, 2.05) is 24.3 Å². The molecule has 2 heterocycles. The Morgan fingerprint density at radius 3 is 2.02 bits per heavy atom. The van der Waals surface area contributed by atoms with Gasteiger partial charge in [0, 0.05) is 21.9 Å². The molecular weight excluding hydrogens is 488 g/mol. The number of oxazole rings is 1. The second-order valence-electron chi connectivity index (χ2n) is 10.0. The molecule has 0 atom stereocenters. The third kappa shape index (κ3) is 3.63. The highest BCUT2D eigenvalue weighted by atomic mass is 16.3. The van der Waals surface area contributed by atoms with E-state index in [9.17, 15) is 0 Å². The van der Waals surface area contributed by atoms with Crippen LogP contribution in [0, 0.1) is 0 Å². The summed E-state index contributed by atoms with van der Waals surface area (Å²) in [6.07, 6.45) is 0. The van der Waals surface area contributed by atoms with Gasteiger partial charge < -0.3 is 8.98 Å². The van der Waals surface area contributed by atoms with Crippen molar-refractivity contribution in [1.82, 2.24) is 9.55 Å². The summed E-state index contributed by atoms with van der Waals surface area (Å²) in [5, 5.41) is 2.48. The molecule has 0 saturated carbocycles. The lowest BCUT2D eigenvalue weighted by Gasteiger charge is -2.14. The number of rotatable bonds is 4. The lowest BCUT2D eigenvalue weighted by molar-refractivity contribution is 0.620. The highest BCUT2D eigenvalue weighted by Gasteiger charge is 2.16. The molecule has 0 aliphatic heterocycles. The number of fused-ring (bicyclic) bond motifs is 4. The fraction of sp³-hybridized carbons (Fsp3) is 0.